The first-order chi connectivity index (χ1) is 9.19. The zero-order valence-electron chi connectivity index (χ0n) is 12.0. The highest BCUT2D eigenvalue weighted by Gasteiger charge is 2.17. The summed E-state index contributed by atoms with van der Waals surface area (Å²) in [5, 5.41) is 3.86. The van der Waals surface area contributed by atoms with Gasteiger partial charge in [-0.2, -0.15) is 15.0 Å². The van der Waals surface area contributed by atoms with Crippen molar-refractivity contribution in [3.8, 4) is 0 Å². The molecule has 0 spiro atoms. The maximum Gasteiger partial charge on any atom is 0.231 e. The molecule has 1 aliphatic rings. The van der Waals surface area contributed by atoms with E-state index >= 15 is 0 Å². The minimum Gasteiger partial charge on any atom is -0.357 e. The van der Waals surface area contributed by atoms with E-state index in [-0.39, 0.29) is 0 Å². The number of anilines is 2. The van der Waals surface area contributed by atoms with E-state index in [0.29, 0.717) is 5.95 Å². The Kier molecular flexibility index (Phi) is 5.24. The maximum atomic E-state index is 4.59. The predicted octanol–water partition coefficient (Wildman–Crippen LogP) is 2.65. The van der Waals surface area contributed by atoms with Gasteiger partial charge < -0.3 is 10.2 Å². The van der Waals surface area contributed by atoms with Crippen LogP contribution in [0, 0.1) is 5.92 Å². The number of hydrogen-bond donors (Lipinski definition) is 1. The number of rotatable bonds is 6. The van der Waals surface area contributed by atoms with E-state index in [4.69, 9.17) is 0 Å². The maximum absolute atomic E-state index is 4.59. The van der Waals surface area contributed by atoms with Crippen LogP contribution in [0.3, 0.4) is 0 Å². The van der Waals surface area contributed by atoms with Crippen molar-refractivity contribution >= 4 is 23.7 Å². The van der Waals surface area contributed by atoms with Crippen LogP contribution in [0.1, 0.15) is 33.1 Å². The van der Waals surface area contributed by atoms with E-state index in [2.05, 4.69) is 39.0 Å². The molecule has 1 fully saturated rings. The van der Waals surface area contributed by atoms with Crippen LogP contribution in [0.2, 0.25) is 0 Å². The monoisotopic (exact) mass is 281 g/mol. The van der Waals surface area contributed by atoms with Crippen molar-refractivity contribution < 1.29 is 0 Å². The summed E-state index contributed by atoms with van der Waals surface area (Å²) in [6.07, 6.45) is 3.65. The molecule has 1 aromatic rings. The molecule has 0 saturated carbocycles. The standard InChI is InChI=1S/C13H23N5S/c1-10(2)6-9-19-13-16-11(14-3)15-12(17-13)18-7-4-5-8-18/h10H,4-9H2,1-3H3,(H,14,15,16,17). The minimum atomic E-state index is 0.670. The number of nitrogens with one attached hydrogen (secondary N) is 1. The quantitative estimate of drug-likeness (QED) is 0.809. The molecule has 5 nitrogen and oxygen atoms in total. The molecule has 0 aromatic carbocycles. The minimum absolute atomic E-state index is 0.670. The van der Waals surface area contributed by atoms with Crippen molar-refractivity contribution in [2.24, 2.45) is 5.92 Å². The Morgan fingerprint density at radius 3 is 2.58 bits per heavy atom. The average Bonchev–Trinajstić information content (AvgIpc) is 2.92. The van der Waals surface area contributed by atoms with Crippen molar-refractivity contribution in [1.82, 2.24) is 15.0 Å². The second-order valence-corrected chi connectivity index (χ2v) is 6.28. The topological polar surface area (TPSA) is 53.9 Å². The molecule has 0 atom stereocenters. The van der Waals surface area contributed by atoms with E-state index < -0.39 is 0 Å². The SMILES string of the molecule is CNc1nc(SCCC(C)C)nc(N2CCCC2)n1. The van der Waals surface area contributed by atoms with E-state index in [1.54, 1.807) is 11.8 Å². The van der Waals surface area contributed by atoms with Gasteiger partial charge in [0, 0.05) is 25.9 Å². The Morgan fingerprint density at radius 1 is 1.21 bits per heavy atom. The van der Waals surface area contributed by atoms with Crippen LogP contribution in [-0.4, -0.2) is 40.8 Å². The van der Waals surface area contributed by atoms with Crippen LogP contribution >= 0.6 is 11.8 Å². The van der Waals surface area contributed by atoms with Crippen LogP contribution < -0.4 is 10.2 Å². The highest BCUT2D eigenvalue weighted by molar-refractivity contribution is 7.99. The van der Waals surface area contributed by atoms with E-state index in [1.807, 2.05) is 7.05 Å². The molecule has 2 rings (SSSR count). The van der Waals surface area contributed by atoms with Gasteiger partial charge in [0.15, 0.2) is 5.16 Å². The van der Waals surface area contributed by atoms with Gasteiger partial charge in [-0.15, -0.1) is 0 Å². The van der Waals surface area contributed by atoms with Crippen molar-refractivity contribution in [2.45, 2.75) is 38.3 Å². The summed E-state index contributed by atoms with van der Waals surface area (Å²) in [4.78, 5) is 15.7. The lowest BCUT2D eigenvalue weighted by atomic mass is 10.2. The first kappa shape index (κ1) is 14.4. The largest absolute Gasteiger partial charge is 0.357 e. The van der Waals surface area contributed by atoms with Gasteiger partial charge in [0.05, 0.1) is 0 Å². The highest BCUT2D eigenvalue weighted by atomic mass is 32.2. The van der Waals surface area contributed by atoms with Crippen molar-refractivity contribution in [3.05, 3.63) is 0 Å². The molecule has 106 valence electrons. The van der Waals surface area contributed by atoms with Gasteiger partial charge in [0.25, 0.3) is 0 Å². The fraction of sp³-hybridized carbons (Fsp3) is 0.769. The molecular formula is C13H23N5S. The fourth-order valence-electron chi connectivity index (χ4n) is 1.97. The molecule has 0 aliphatic carbocycles. The third-order valence-electron chi connectivity index (χ3n) is 3.14. The Bertz CT molecular complexity index is 404. The summed E-state index contributed by atoms with van der Waals surface area (Å²) in [5.41, 5.74) is 0. The summed E-state index contributed by atoms with van der Waals surface area (Å²) in [6, 6.07) is 0. The van der Waals surface area contributed by atoms with Gasteiger partial charge in [-0.3, -0.25) is 0 Å². The number of aromatic nitrogens is 3. The summed E-state index contributed by atoms with van der Waals surface area (Å²) in [6.45, 7) is 6.60. The average molecular weight is 281 g/mol. The Balaban J connectivity index is 2.06. The van der Waals surface area contributed by atoms with E-state index in [1.165, 1.54) is 19.3 Å². The second-order valence-electron chi connectivity index (χ2n) is 5.22. The molecular weight excluding hydrogens is 258 g/mol. The lowest BCUT2D eigenvalue weighted by molar-refractivity contribution is 0.631. The lowest BCUT2D eigenvalue weighted by Crippen LogP contribution is -2.21. The summed E-state index contributed by atoms with van der Waals surface area (Å²) >= 11 is 1.72. The molecule has 6 heteroatoms. The van der Waals surface area contributed by atoms with Gasteiger partial charge in [-0.05, 0) is 25.2 Å². The van der Waals surface area contributed by atoms with Crippen molar-refractivity contribution in [3.63, 3.8) is 0 Å². The summed E-state index contributed by atoms with van der Waals surface area (Å²) in [7, 11) is 1.85. The third kappa shape index (κ3) is 4.23. The summed E-state index contributed by atoms with van der Waals surface area (Å²) in [5.74, 6) is 3.27. The lowest BCUT2D eigenvalue weighted by Gasteiger charge is -2.16. The first-order valence-electron chi connectivity index (χ1n) is 7.00. The van der Waals surface area contributed by atoms with E-state index in [9.17, 15) is 0 Å². The Hall–Kier alpha value is -1.04. The normalized spacial score (nSPS) is 15.3. The third-order valence-corrected chi connectivity index (χ3v) is 4.02. The van der Waals surface area contributed by atoms with Crippen LogP contribution in [0.4, 0.5) is 11.9 Å². The summed E-state index contributed by atoms with van der Waals surface area (Å²) < 4.78 is 0. The van der Waals surface area contributed by atoms with Gasteiger partial charge in [-0.25, -0.2) is 0 Å². The molecule has 2 heterocycles. The van der Waals surface area contributed by atoms with Crippen molar-refractivity contribution in [1.29, 1.82) is 0 Å². The van der Waals surface area contributed by atoms with E-state index in [0.717, 1.165) is 35.9 Å². The van der Waals surface area contributed by atoms with Gasteiger partial charge >= 0.3 is 0 Å². The van der Waals surface area contributed by atoms with Crippen LogP contribution in [-0.2, 0) is 0 Å². The Morgan fingerprint density at radius 2 is 1.95 bits per heavy atom. The molecule has 0 amide bonds. The number of nitrogens with zero attached hydrogens (tertiary/aromatic N) is 4. The van der Waals surface area contributed by atoms with Gasteiger partial charge in [0.1, 0.15) is 0 Å². The first-order valence-corrected chi connectivity index (χ1v) is 7.99. The molecule has 0 bridgehead atoms. The molecule has 1 aliphatic heterocycles. The van der Waals surface area contributed by atoms with Crippen molar-refractivity contribution in [2.75, 3.05) is 36.1 Å². The predicted molar refractivity (Wildman–Crippen MR) is 81.0 cm³/mol. The molecule has 0 radical (unpaired) electrons. The van der Waals surface area contributed by atoms with Crippen LogP contribution in [0.25, 0.3) is 0 Å². The van der Waals surface area contributed by atoms with Crippen LogP contribution in [0.15, 0.2) is 5.16 Å². The Labute approximate surface area is 119 Å². The van der Waals surface area contributed by atoms with Gasteiger partial charge in [-0.1, -0.05) is 25.6 Å². The number of hydrogen-bond acceptors (Lipinski definition) is 6. The number of thioether (sulfide) groups is 1. The molecule has 0 unspecified atom stereocenters. The molecule has 1 saturated heterocycles. The smallest absolute Gasteiger partial charge is 0.231 e. The second kappa shape index (κ2) is 6.93. The van der Waals surface area contributed by atoms with Gasteiger partial charge in [0.2, 0.25) is 11.9 Å². The van der Waals surface area contributed by atoms with Crippen LogP contribution in [0.5, 0.6) is 0 Å². The molecule has 1 N–H and O–H groups in total. The molecule has 19 heavy (non-hydrogen) atoms. The highest BCUT2D eigenvalue weighted by Crippen LogP contribution is 2.22. The molecule has 1 aromatic heterocycles. The zero-order valence-corrected chi connectivity index (χ0v) is 12.8. The fourth-order valence-corrected chi connectivity index (χ4v) is 3.04. The zero-order chi connectivity index (χ0) is 13.7.